The molecular weight excluding hydrogens is 258 g/mol. The molecule has 100 valence electrons. The first kappa shape index (κ1) is 12.2. The van der Waals surface area contributed by atoms with Gasteiger partial charge in [-0.05, 0) is 37.3 Å². The number of anilines is 1. The SMILES string of the molecule is CC(=O)c1ccc2c(c1)NC(=O)/C(=C\c1ccco1)O2. The Labute approximate surface area is 114 Å². The van der Waals surface area contributed by atoms with Crippen LogP contribution in [-0.4, -0.2) is 11.7 Å². The maximum Gasteiger partial charge on any atom is 0.291 e. The van der Waals surface area contributed by atoms with E-state index in [0.29, 0.717) is 22.8 Å². The zero-order valence-electron chi connectivity index (χ0n) is 10.7. The van der Waals surface area contributed by atoms with Gasteiger partial charge in [0.15, 0.2) is 17.3 Å². The van der Waals surface area contributed by atoms with E-state index in [9.17, 15) is 9.59 Å². The highest BCUT2D eigenvalue weighted by Crippen LogP contribution is 2.32. The van der Waals surface area contributed by atoms with Crippen molar-refractivity contribution < 1.29 is 18.7 Å². The molecule has 1 amide bonds. The summed E-state index contributed by atoms with van der Waals surface area (Å²) in [4.78, 5) is 23.2. The lowest BCUT2D eigenvalue weighted by Crippen LogP contribution is -2.23. The second kappa shape index (κ2) is 4.70. The highest BCUT2D eigenvalue weighted by Gasteiger charge is 2.23. The number of hydrogen-bond acceptors (Lipinski definition) is 4. The van der Waals surface area contributed by atoms with Gasteiger partial charge in [0.05, 0.1) is 12.0 Å². The predicted molar refractivity (Wildman–Crippen MR) is 72.4 cm³/mol. The summed E-state index contributed by atoms with van der Waals surface area (Å²) in [7, 11) is 0. The molecule has 0 unspecified atom stereocenters. The molecule has 1 aliphatic heterocycles. The van der Waals surface area contributed by atoms with Gasteiger partial charge in [-0.1, -0.05) is 0 Å². The molecule has 1 aromatic carbocycles. The maximum absolute atomic E-state index is 11.9. The summed E-state index contributed by atoms with van der Waals surface area (Å²) < 4.78 is 10.7. The van der Waals surface area contributed by atoms with Gasteiger partial charge in [-0.2, -0.15) is 0 Å². The molecule has 2 aromatic rings. The van der Waals surface area contributed by atoms with Crippen molar-refractivity contribution in [3.63, 3.8) is 0 Å². The fraction of sp³-hybridized carbons (Fsp3) is 0.0667. The van der Waals surface area contributed by atoms with Crippen LogP contribution in [0.15, 0.2) is 46.8 Å². The molecule has 2 heterocycles. The van der Waals surface area contributed by atoms with E-state index >= 15 is 0 Å². The van der Waals surface area contributed by atoms with E-state index in [4.69, 9.17) is 9.15 Å². The molecule has 20 heavy (non-hydrogen) atoms. The van der Waals surface area contributed by atoms with E-state index in [0.717, 1.165) is 0 Å². The van der Waals surface area contributed by atoms with Gasteiger partial charge < -0.3 is 14.5 Å². The van der Waals surface area contributed by atoms with Crippen molar-refractivity contribution in [3.05, 3.63) is 53.7 Å². The van der Waals surface area contributed by atoms with Gasteiger partial charge in [0.2, 0.25) is 0 Å². The van der Waals surface area contributed by atoms with Gasteiger partial charge in [0.1, 0.15) is 5.76 Å². The van der Waals surface area contributed by atoms with Crippen molar-refractivity contribution in [2.45, 2.75) is 6.92 Å². The van der Waals surface area contributed by atoms with Crippen LogP contribution in [0.5, 0.6) is 5.75 Å². The van der Waals surface area contributed by atoms with E-state index in [1.165, 1.54) is 19.3 Å². The first-order chi connectivity index (χ1) is 9.63. The molecule has 5 heteroatoms. The summed E-state index contributed by atoms with van der Waals surface area (Å²) in [6, 6.07) is 8.35. The van der Waals surface area contributed by atoms with Gasteiger partial charge >= 0.3 is 0 Å². The summed E-state index contributed by atoms with van der Waals surface area (Å²) in [6.45, 7) is 1.47. The lowest BCUT2D eigenvalue weighted by molar-refractivity contribution is -0.115. The molecule has 0 spiro atoms. The Hall–Kier alpha value is -2.82. The number of benzene rings is 1. The van der Waals surface area contributed by atoms with Gasteiger partial charge in [-0.15, -0.1) is 0 Å². The fourth-order valence-electron chi connectivity index (χ4n) is 1.88. The second-order valence-corrected chi connectivity index (χ2v) is 4.35. The number of hydrogen-bond donors (Lipinski definition) is 1. The Balaban J connectivity index is 1.95. The average molecular weight is 269 g/mol. The van der Waals surface area contributed by atoms with Gasteiger partial charge in [-0.3, -0.25) is 9.59 Å². The number of carbonyl (C=O) groups excluding carboxylic acids is 2. The van der Waals surface area contributed by atoms with E-state index in [1.807, 2.05) is 0 Å². The second-order valence-electron chi connectivity index (χ2n) is 4.35. The highest BCUT2D eigenvalue weighted by molar-refractivity contribution is 6.08. The summed E-state index contributed by atoms with van der Waals surface area (Å²) >= 11 is 0. The molecule has 0 saturated heterocycles. The number of amides is 1. The highest BCUT2D eigenvalue weighted by atomic mass is 16.5. The largest absolute Gasteiger partial charge is 0.465 e. The average Bonchev–Trinajstić information content (AvgIpc) is 2.92. The van der Waals surface area contributed by atoms with Crippen molar-refractivity contribution in [2.75, 3.05) is 5.32 Å². The summed E-state index contributed by atoms with van der Waals surface area (Å²) in [6.07, 6.45) is 3.03. The van der Waals surface area contributed by atoms with Crippen molar-refractivity contribution in [1.82, 2.24) is 0 Å². The molecular formula is C15H11NO4. The Morgan fingerprint density at radius 2 is 2.15 bits per heavy atom. The van der Waals surface area contributed by atoms with Gasteiger partial charge in [0.25, 0.3) is 5.91 Å². The van der Waals surface area contributed by atoms with Crippen LogP contribution in [-0.2, 0) is 4.79 Å². The van der Waals surface area contributed by atoms with Crippen LogP contribution >= 0.6 is 0 Å². The van der Waals surface area contributed by atoms with Crippen molar-refractivity contribution in [1.29, 1.82) is 0 Å². The van der Waals surface area contributed by atoms with Crippen LogP contribution in [0.1, 0.15) is 23.0 Å². The zero-order chi connectivity index (χ0) is 14.1. The lowest BCUT2D eigenvalue weighted by Gasteiger charge is -2.20. The van der Waals surface area contributed by atoms with Gasteiger partial charge in [0, 0.05) is 11.6 Å². The smallest absolute Gasteiger partial charge is 0.291 e. The number of Topliss-reactive ketones (excluding diaryl/α,β-unsaturated/α-hetero) is 1. The van der Waals surface area contributed by atoms with Crippen LogP contribution in [0.3, 0.4) is 0 Å². The molecule has 0 atom stereocenters. The molecule has 0 bridgehead atoms. The van der Waals surface area contributed by atoms with Crippen LogP contribution in [0.25, 0.3) is 6.08 Å². The molecule has 0 fully saturated rings. The Morgan fingerprint density at radius 3 is 2.85 bits per heavy atom. The summed E-state index contributed by atoms with van der Waals surface area (Å²) in [5.74, 6) is 0.711. The number of nitrogens with one attached hydrogen (secondary N) is 1. The number of ether oxygens (including phenoxy) is 1. The number of fused-ring (bicyclic) bond motifs is 1. The minimum atomic E-state index is -0.380. The maximum atomic E-state index is 11.9. The molecule has 1 aromatic heterocycles. The predicted octanol–water partition coefficient (Wildman–Crippen LogP) is 2.85. The van der Waals surface area contributed by atoms with Gasteiger partial charge in [-0.25, -0.2) is 0 Å². The topological polar surface area (TPSA) is 68.5 Å². The minimum Gasteiger partial charge on any atom is -0.465 e. The van der Waals surface area contributed by atoms with Crippen LogP contribution < -0.4 is 10.1 Å². The molecule has 0 aliphatic carbocycles. The lowest BCUT2D eigenvalue weighted by atomic mass is 10.1. The van der Waals surface area contributed by atoms with Crippen molar-refractivity contribution in [2.24, 2.45) is 0 Å². The first-order valence-corrected chi connectivity index (χ1v) is 6.03. The summed E-state index contributed by atoms with van der Waals surface area (Å²) in [5, 5.41) is 2.69. The van der Waals surface area contributed by atoms with Crippen LogP contribution in [0, 0.1) is 0 Å². The van der Waals surface area contributed by atoms with E-state index < -0.39 is 0 Å². The van der Waals surface area contributed by atoms with Crippen LogP contribution in [0.4, 0.5) is 5.69 Å². The van der Waals surface area contributed by atoms with E-state index in [-0.39, 0.29) is 17.4 Å². The Kier molecular flexibility index (Phi) is 2.87. The zero-order valence-corrected chi connectivity index (χ0v) is 10.7. The van der Waals surface area contributed by atoms with Crippen LogP contribution in [0.2, 0.25) is 0 Å². The molecule has 0 saturated carbocycles. The van der Waals surface area contributed by atoms with E-state index in [2.05, 4.69) is 5.32 Å². The van der Waals surface area contributed by atoms with Crippen molar-refractivity contribution >= 4 is 23.5 Å². The summed E-state index contributed by atoms with van der Waals surface area (Å²) in [5.41, 5.74) is 1.01. The molecule has 3 rings (SSSR count). The number of carbonyl (C=O) groups is 2. The molecule has 0 radical (unpaired) electrons. The first-order valence-electron chi connectivity index (χ1n) is 6.03. The quantitative estimate of drug-likeness (QED) is 0.672. The van der Waals surface area contributed by atoms with Crippen molar-refractivity contribution in [3.8, 4) is 5.75 Å². The monoisotopic (exact) mass is 269 g/mol. The number of furan rings is 1. The third-order valence-electron chi connectivity index (χ3n) is 2.89. The number of ketones is 1. The molecule has 1 N–H and O–H groups in total. The Morgan fingerprint density at radius 1 is 1.30 bits per heavy atom. The Bertz CT molecular complexity index is 713. The normalized spacial score (nSPS) is 15.4. The molecule has 5 nitrogen and oxygen atoms in total. The minimum absolute atomic E-state index is 0.0704. The third kappa shape index (κ3) is 2.21. The third-order valence-corrected chi connectivity index (χ3v) is 2.89. The van der Waals surface area contributed by atoms with E-state index in [1.54, 1.807) is 30.3 Å². The molecule has 1 aliphatic rings. The standard InChI is InChI=1S/C15H11NO4/c1-9(17)10-4-5-13-12(7-10)16-15(18)14(20-13)8-11-3-2-6-19-11/h2-8H,1H3,(H,16,18)/b14-8+. The number of rotatable bonds is 2. The fourth-order valence-corrected chi connectivity index (χ4v) is 1.88.